The van der Waals surface area contributed by atoms with Crippen LogP contribution in [0, 0.1) is 17.8 Å². The Morgan fingerprint density at radius 3 is 2.68 bits per heavy atom. The maximum Gasteiger partial charge on any atom is 0.266 e. The Bertz CT molecular complexity index is 1020. The van der Waals surface area contributed by atoms with Gasteiger partial charge < -0.3 is 14.2 Å². The summed E-state index contributed by atoms with van der Waals surface area (Å²) in [5.41, 5.74) is 0.123. The van der Waals surface area contributed by atoms with Crippen LogP contribution >= 0.6 is 0 Å². The number of nitrogens with zero attached hydrogens (tertiary/aromatic N) is 4. The molecule has 2 saturated carbocycles. The van der Waals surface area contributed by atoms with E-state index in [9.17, 15) is 8.42 Å². The second kappa shape index (κ2) is 7.76. The van der Waals surface area contributed by atoms with Crippen molar-refractivity contribution in [3.63, 3.8) is 0 Å². The van der Waals surface area contributed by atoms with Crippen molar-refractivity contribution >= 4 is 15.8 Å². The van der Waals surface area contributed by atoms with Gasteiger partial charge in [0.05, 0.1) is 11.5 Å². The Morgan fingerprint density at radius 2 is 2.03 bits per heavy atom. The van der Waals surface area contributed by atoms with Crippen molar-refractivity contribution in [1.82, 2.24) is 15.1 Å². The van der Waals surface area contributed by atoms with Crippen molar-refractivity contribution < 1.29 is 17.7 Å². The number of ether oxygens (including phenoxy) is 1. The molecule has 168 valence electrons. The molecule has 0 aromatic carbocycles. The minimum Gasteiger partial charge on any atom is -0.478 e. The van der Waals surface area contributed by atoms with E-state index in [0.717, 1.165) is 61.9 Å². The normalized spacial score (nSPS) is 25.4. The Kier molecular flexibility index (Phi) is 5.19. The van der Waals surface area contributed by atoms with Crippen molar-refractivity contribution in [2.75, 3.05) is 30.9 Å². The molecule has 0 radical (unpaired) electrons. The number of hydrogen-bond acceptors (Lipinski definition) is 8. The average molecular weight is 447 g/mol. The van der Waals surface area contributed by atoms with Gasteiger partial charge in [0, 0.05) is 37.0 Å². The lowest BCUT2D eigenvalue weighted by molar-refractivity contribution is 0.275. The van der Waals surface area contributed by atoms with Crippen LogP contribution in [0.5, 0.6) is 5.88 Å². The minimum absolute atomic E-state index is 0.123. The van der Waals surface area contributed by atoms with Crippen LogP contribution in [0.15, 0.2) is 27.7 Å². The third-order valence-corrected chi connectivity index (χ3v) is 8.31. The summed E-state index contributed by atoms with van der Waals surface area (Å²) in [7, 11) is -3.22. The molecule has 1 saturated heterocycles. The molecule has 3 aliphatic rings. The average Bonchev–Trinajstić information content (AvgIpc) is 3.64. The van der Waals surface area contributed by atoms with E-state index < -0.39 is 9.84 Å². The number of piperidine rings is 1. The molecule has 0 N–H and O–H groups in total. The van der Waals surface area contributed by atoms with Crippen LogP contribution in [0.4, 0.5) is 5.95 Å². The van der Waals surface area contributed by atoms with E-state index in [1.54, 1.807) is 12.1 Å². The molecule has 5 rings (SSSR count). The van der Waals surface area contributed by atoms with Gasteiger partial charge in [-0.25, -0.2) is 13.4 Å². The number of pyridine rings is 1. The molecular formula is C22H30N4O4S. The van der Waals surface area contributed by atoms with Gasteiger partial charge in [-0.2, -0.15) is 4.98 Å². The second-order valence-electron chi connectivity index (χ2n) is 9.69. The Morgan fingerprint density at radius 1 is 1.26 bits per heavy atom. The molecular weight excluding hydrogens is 416 g/mol. The van der Waals surface area contributed by atoms with Gasteiger partial charge in [0.15, 0.2) is 9.84 Å². The Hall–Kier alpha value is -2.16. The molecule has 0 unspecified atom stereocenters. The fourth-order valence-corrected chi connectivity index (χ4v) is 5.24. The lowest BCUT2D eigenvalue weighted by Crippen LogP contribution is -2.35. The van der Waals surface area contributed by atoms with Gasteiger partial charge in [0.2, 0.25) is 11.8 Å². The molecule has 0 amide bonds. The number of rotatable bonds is 8. The van der Waals surface area contributed by atoms with Crippen molar-refractivity contribution in [3.05, 3.63) is 24.2 Å². The van der Waals surface area contributed by atoms with E-state index in [4.69, 9.17) is 9.26 Å². The highest BCUT2D eigenvalue weighted by Gasteiger charge is 2.46. The summed E-state index contributed by atoms with van der Waals surface area (Å²) in [5.74, 6) is 4.32. The molecule has 0 bridgehead atoms. The van der Waals surface area contributed by atoms with Crippen molar-refractivity contribution in [3.8, 4) is 5.88 Å². The maximum absolute atomic E-state index is 11.5. The first-order valence-corrected chi connectivity index (χ1v) is 13.1. The Labute approximate surface area is 183 Å². The maximum atomic E-state index is 11.5. The zero-order chi connectivity index (χ0) is 21.6. The van der Waals surface area contributed by atoms with E-state index in [-0.39, 0.29) is 10.3 Å². The molecule has 0 spiro atoms. The lowest BCUT2D eigenvalue weighted by atomic mass is 9.90. The summed E-state index contributed by atoms with van der Waals surface area (Å²) in [6, 6.07) is 3.17. The van der Waals surface area contributed by atoms with Gasteiger partial charge in [-0.15, -0.1) is 0 Å². The van der Waals surface area contributed by atoms with E-state index in [1.807, 2.05) is 0 Å². The zero-order valence-electron chi connectivity index (χ0n) is 18.2. The molecule has 9 heteroatoms. The molecule has 2 aliphatic carbocycles. The van der Waals surface area contributed by atoms with Gasteiger partial charge in [0.1, 0.15) is 0 Å². The van der Waals surface area contributed by atoms with Gasteiger partial charge in [-0.1, -0.05) is 6.92 Å². The molecule has 2 aromatic heterocycles. The van der Waals surface area contributed by atoms with E-state index in [0.29, 0.717) is 12.5 Å². The molecule has 3 fully saturated rings. The zero-order valence-corrected chi connectivity index (χ0v) is 19.0. The predicted molar refractivity (Wildman–Crippen MR) is 115 cm³/mol. The second-order valence-corrected chi connectivity index (χ2v) is 11.7. The first kappa shape index (κ1) is 20.7. The van der Waals surface area contributed by atoms with Crippen LogP contribution in [-0.4, -0.2) is 49.5 Å². The van der Waals surface area contributed by atoms with E-state index in [1.165, 1.54) is 31.7 Å². The quantitative estimate of drug-likeness (QED) is 0.609. The predicted octanol–water partition coefficient (Wildman–Crippen LogP) is 3.24. The largest absolute Gasteiger partial charge is 0.478 e. The van der Waals surface area contributed by atoms with Crippen molar-refractivity contribution in [1.29, 1.82) is 0 Å². The van der Waals surface area contributed by atoms with Crippen LogP contribution in [0.25, 0.3) is 0 Å². The highest BCUT2D eigenvalue weighted by molar-refractivity contribution is 7.90. The van der Waals surface area contributed by atoms with Gasteiger partial charge >= 0.3 is 0 Å². The highest BCUT2D eigenvalue weighted by Crippen LogP contribution is 2.50. The van der Waals surface area contributed by atoms with Gasteiger partial charge in [-0.05, 0) is 67.5 Å². The monoisotopic (exact) mass is 446 g/mol. The number of hydrogen-bond donors (Lipinski definition) is 0. The topological polar surface area (TPSA) is 98.4 Å². The first-order valence-electron chi connectivity index (χ1n) is 11.2. The van der Waals surface area contributed by atoms with Crippen LogP contribution in [0.1, 0.15) is 51.3 Å². The molecule has 1 aliphatic heterocycles. The SMILES string of the molecule is CC1(c2nc(N3CCC([C@H]4C[C@H]4CCOc4ccc(S(C)(=O)=O)cn4)CC3)no2)CC1. The third-order valence-electron chi connectivity index (χ3n) is 7.21. The molecule has 31 heavy (non-hydrogen) atoms. The van der Waals surface area contributed by atoms with E-state index >= 15 is 0 Å². The van der Waals surface area contributed by atoms with Crippen LogP contribution in [0.3, 0.4) is 0 Å². The summed E-state index contributed by atoms with van der Waals surface area (Å²) < 4.78 is 34.2. The molecule has 3 heterocycles. The Balaban J connectivity index is 1.04. The smallest absolute Gasteiger partial charge is 0.266 e. The standard InChI is InChI=1S/C22H30N4O4S/c1-22(8-9-22)20-24-21(25-30-20)26-10-5-15(6-11-26)18-13-16(18)7-12-29-19-4-3-17(14-23-19)31(2,27)28/h3-4,14-16,18H,5-13H2,1-2H3/t16-,18-/m1/s1. The van der Waals surface area contributed by atoms with E-state index in [2.05, 4.69) is 26.9 Å². The summed E-state index contributed by atoms with van der Waals surface area (Å²) in [5, 5.41) is 4.22. The molecule has 8 nitrogen and oxygen atoms in total. The van der Waals surface area contributed by atoms with Gasteiger partial charge in [-0.3, -0.25) is 0 Å². The number of aromatic nitrogens is 3. The van der Waals surface area contributed by atoms with Crippen LogP contribution in [0.2, 0.25) is 0 Å². The minimum atomic E-state index is -3.22. The summed E-state index contributed by atoms with van der Waals surface area (Å²) in [6.07, 6.45) is 9.48. The molecule has 2 aromatic rings. The van der Waals surface area contributed by atoms with Crippen LogP contribution < -0.4 is 9.64 Å². The first-order chi connectivity index (χ1) is 14.8. The van der Waals surface area contributed by atoms with Crippen LogP contribution in [-0.2, 0) is 15.3 Å². The third kappa shape index (κ3) is 4.56. The lowest BCUT2D eigenvalue weighted by Gasteiger charge is -2.31. The van der Waals surface area contributed by atoms with Gasteiger partial charge in [0.25, 0.3) is 5.95 Å². The fraction of sp³-hybridized carbons (Fsp3) is 0.682. The number of sulfone groups is 1. The number of anilines is 1. The fourth-order valence-electron chi connectivity index (χ4n) is 4.68. The van der Waals surface area contributed by atoms with Crippen molar-refractivity contribution in [2.24, 2.45) is 17.8 Å². The summed E-state index contributed by atoms with van der Waals surface area (Å²) >= 11 is 0. The summed E-state index contributed by atoms with van der Waals surface area (Å²) in [4.78, 5) is 11.2. The highest BCUT2D eigenvalue weighted by atomic mass is 32.2. The van der Waals surface area contributed by atoms with Crippen molar-refractivity contribution in [2.45, 2.75) is 55.8 Å². The molecule has 2 atom stereocenters. The summed E-state index contributed by atoms with van der Waals surface area (Å²) in [6.45, 7) is 4.80.